The van der Waals surface area contributed by atoms with E-state index in [4.69, 9.17) is 4.52 Å². The second kappa shape index (κ2) is 7.41. The second-order valence-corrected chi connectivity index (χ2v) is 9.08. The van der Waals surface area contributed by atoms with Crippen molar-refractivity contribution in [3.8, 4) is 0 Å². The highest BCUT2D eigenvalue weighted by atomic mass is 32.2. The van der Waals surface area contributed by atoms with Crippen molar-refractivity contribution < 1.29 is 17.7 Å². The molecular weight excluding hydrogens is 344 g/mol. The van der Waals surface area contributed by atoms with Crippen molar-refractivity contribution in [3.63, 3.8) is 0 Å². The monoisotopic (exact) mass is 370 g/mol. The molecule has 0 spiro atoms. The summed E-state index contributed by atoms with van der Waals surface area (Å²) >= 11 is 0. The molecule has 2 saturated heterocycles. The molecule has 0 radical (unpaired) electrons. The quantitative estimate of drug-likeness (QED) is 0.776. The molecule has 1 unspecified atom stereocenters. The van der Waals surface area contributed by atoms with Crippen LogP contribution in [0.25, 0.3) is 0 Å². The Morgan fingerprint density at radius 1 is 1.24 bits per heavy atom. The van der Waals surface area contributed by atoms with Gasteiger partial charge in [0.05, 0.1) is 12.3 Å². The Balaban J connectivity index is 1.56. The summed E-state index contributed by atoms with van der Waals surface area (Å²) < 4.78 is 30.3. The van der Waals surface area contributed by atoms with Gasteiger partial charge in [0.15, 0.2) is 5.82 Å². The molecule has 0 aromatic carbocycles. The average molecular weight is 370 g/mol. The van der Waals surface area contributed by atoms with Crippen LogP contribution < -0.4 is 0 Å². The van der Waals surface area contributed by atoms with Gasteiger partial charge >= 0.3 is 0 Å². The van der Waals surface area contributed by atoms with Crippen molar-refractivity contribution in [2.75, 3.05) is 25.9 Å². The molecule has 140 valence electrons. The smallest absolute Gasteiger partial charge is 0.227 e. The molecule has 1 aromatic rings. The van der Waals surface area contributed by atoms with Gasteiger partial charge < -0.3 is 9.42 Å². The van der Waals surface area contributed by atoms with Gasteiger partial charge in [-0.2, -0.15) is 9.29 Å². The minimum Gasteiger partial charge on any atom is -0.343 e. The van der Waals surface area contributed by atoms with E-state index in [1.54, 1.807) is 0 Å². The molecule has 1 atom stereocenters. The predicted molar refractivity (Wildman–Crippen MR) is 91.1 cm³/mol. The fraction of sp³-hybridized carbons (Fsp3) is 0.812. The number of aromatic nitrogens is 2. The summed E-state index contributed by atoms with van der Waals surface area (Å²) in [5.74, 6) is 1.60. The number of nitrogens with zero attached hydrogens (tertiary/aromatic N) is 4. The number of amides is 1. The Labute approximate surface area is 148 Å². The van der Waals surface area contributed by atoms with E-state index in [2.05, 4.69) is 17.1 Å². The Bertz CT molecular complexity index is 709. The molecule has 0 N–H and O–H groups in total. The summed E-state index contributed by atoms with van der Waals surface area (Å²) in [4.78, 5) is 18.5. The zero-order chi connectivity index (χ0) is 18.0. The summed E-state index contributed by atoms with van der Waals surface area (Å²) in [5.41, 5.74) is 0. The minimum absolute atomic E-state index is 0.116. The van der Waals surface area contributed by atoms with E-state index in [9.17, 15) is 13.2 Å². The molecule has 2 aliphatic rings. The SMILES string of the molecule is CC1CCN(C(=O)CCc2nc(C3CCCN3S(C)(=O)=O)no2)CC1. The molecule has 1 amide bonds. The summed E-state index contributed by atoms with van der Waals surface area (Å²) in [6.45, 7) is 4.34. The number of sulfonamides is 1. The van der Waals surface area contributed by atoms with Crippen molar-refractivity contribution in [2.24, 2.45) is 5.92 Å². The molecule has 2 aliphatic heterocycles. The van der Waals surface area contributed by atoms with Crippen LogP contribution in [-0.4, -0.2) is 59.6 Å². The zero-order valence-electron chi connectivity index (χ0n) is 14.8. The van der Waals surface area contributed by atoms with Crippen molar-refractivity contribution in [2.45, 2.75) is 51.5 Å². The predicted octanol–water partition coefficient (Wildman–Crippen LogP) is 1.36. The summed E-state index contributed by atoms with van der Waals surface area (Å²) in [7, 11) is -3.28. The highest BCUT2D eigenvalue weighted by Crippen LogP contribution is 2.32. The van der Waals surface area contributed by atoms with E-state index in [1.165, 1.54) is 10.6 Å². The number of hydrogen-bond acceptors (Lipinski definition) is 6. The standard InChI is InChI=1S/C16H26N4O4S/c1-12-7-10-19(11-8-12)15(21)6-5-14-17-16(18-24-14)13-4-3-9-20(13)25(2,22)23/h12-13H,3-11H2,1-2H3. The minimum atomic E-state index is -3.28. The van der Waals surface area contributed by atoms with Gasteiger partial charge in [-0.05, 0) is 31.6 Å². The molecule has 0 aliphatic carbocycles. The van der Waals surface area contributed by atoms with Crippen LogP contribution in [0.3, 0.4) is 0 Å². The van der Waals surface area contributed by atoms with E-state index in [0.29, 0.717) is 43.4 Å². The van der Waals surface area contributed by atoms with Crippen LogP contribution in [0.4, 0.5) is 0 Å². The third kappa shape index (κ3) is 4.38. The molecule has 8 nitrogen and oxygen atoms in total. The Kier molecular flexibility index (Phi) is 5.43. The third-order valence-electron chi connectivity index (χ3n) is 5.10. The topological polar surface area (TPSA) is 96.6 Å². The first-order chi connectivity index (χ1) is 11.8. The average Bonchev–Trinajstić information content (AvgIpc) is 3.21. The Morgan fingerprint density at radius 2 is 1.96 bits per heavy atom. The Hall–Kier alpha value is -1.48. The van der Waals surface area contributed by atoms with E-state index >= 15 is 0 Å². The van der Waals surface area contributed by atoms with Gasteiger partial charge in [-0.1, -0.05) is 12.1 Å². The first kappa shape index (κ1) is 18.3. The fourth-order valence-corrected chi connectivity index (χ4v) is 4.65. The molecule has 0 saturated carbocycles. The summed E-state index contributed by atoms with van der Waals surface area (Å²) in [6, 6.07) is -0.355. The van der Waals surface area contributed by atoms with E-state index in [-0.39, 0.29) is 11.9 Å². The van der Waals surface area contributed by atoms with Gasteiger partial charge in [0, 0.05) is 32.5 Å². The summed E-state index contributed by atoms with van der Waals surface area (Å²) in [5, 5.41) is 3.95. The van der Waals surface area contributed by atoms with Gasteiger partial charge in [-0.25, -0.2) is 8.42 Å². The zero-order valence-corrected chi connectivity index (χ0v) is 15.7. The maximum absolute atomic E-state index is 12.3. The van der Waals surface area contributed by atoms with Crippen molar-refractivity contribution in [1.82, 2.24) is 19.3 Å². The van der Waals surface area contributed by atoms with Crippen LogP contribution in [0.15, 0.2) is 4.52 Å². The number of rotatable bonds is 5. The lowest BCUT2D eigenvalue weighted by Gasteiger charge is -2.30. The van der Waals surface area contributed by atoms with Gasteiger partial charge in [0.25, 0.3) is 0 Å². The summed E-state index contributed by atoms with van der Waals surface area (Å²) in [6.07, 6.45) is 5.52. The number of carbonyl (C=O) groups is 1. The largest absolute Gasteiger partial charge is 0.343 e. The van der Waals surface area contributed by atoms with Crippen molar-refractivity contribution in [3.05, 3.63) is 11.7 Å². The fourth-order valence-electron chi connectivity index (χ4n) is 3.53. The lowest BCUT2D eigenvalue weighted by atomic mass is 9.99. The normalized spacial score (nSPS) is 23.3. The molecule has 3 heterocycles. The van der Waals surface area contributed by atoms with Crippen molar-refractivity contribution in [1.29, 1.82) is 0 Å². The number of hydrogen-bond donors (Lipinski definition) is 0. The molecule has 0 bridgehead atoms. The van der Waals surface area contributed by atoms with Gasteiger partial charge in [-0.15, -0.1) is 0 Å². The molecule has 3 rings (SSSR count). The van der Waals surface area contributed by atoms with E-state index < -0.39 is 10.0 Å². The Morgan fingerprint density at radius 3 is 2.64 bits per heavy atom. The van der Waals surface area contributed by atoms with E-state index in [0.717, 1.165) is 32.4 Å². The first-order valence-corrected chi connectivity index (χ1v) is 10.8. The number of likely N-dealkylation sites (tertiary alicyclic amines) is 1. The highest BCUT2D eigenvalue weighted by Gasteiger charge is 2.35. The van der Waals surface area contributed by atoms with Crippen LogP contribution in [0, 0.1) is 5.92 Å². The van der Waals surface area contributed by atoms with Crippen molar-refractivity contribution >= 4 is 15.9 Å². The number of carbonyl (C=O) groups excluding carboxylic acids is 1. The van der Waals surface area contributed by atoms with Crippen LogP contribution in [0.5, 0.6) is 0 Å². The number of aryl methyl sites for hydroxylation is 1. The molecular formula is C16H26N4O4S. The molecule has 9 heteroatoms. The van der Waals surface area contributed by atoms with Gasteiger partial charge in [0.2, 0.25) is 21.8 Å². The molecule has 2 fully saturated rings. The lowest BCUT2D eigenvalue weighted by Crippen LogP contribution is -2.38. The third-order valence-corrected chi connectivity index (χ3v) is 6.39. The number of piperidine rings is 1. The molecule has 1 aromatic heterocycles. The van der Waals surface area contributed by atoms with Crippen LogP contribution >= 0.6 is 0 Å². The van der Waals surface area contributed by atoms with Crippen LogP contribution in [-0.2, 0) is 21.2 Å². The molecule has 25 heavy (non-hydrogen) atoms. The van der Waals surface area contributed by atoms with Gasteiger partial charge in [-0.3, -0.25) is 4.79 Å². The highest BCUT2D eigenvalue weighted by molar-refractivity contribution is 7.88. The second-order valence-electron chi connectivity index (χ2n) is 7.14. The maximum Gasteiger partial charge on any atom is 0.227 e. The lowest BCUT2D eigenvalue weighted by molar-refractivity contribution is -0.132. The first-order valence-electron chi connectivity index (χ1n) is 8.91. The van der Waals surface area contributed by atoms with Crippen LogP contribution in [0.1, 0.15) is 56.8 Å². The maximum atomic E-state index is 12.3. The van der Waals surface area contributed by atoms with Gasteiger partial charge in [0.1, 0.15) is 0 Å². The van der Waals surface area contributed by atoms with Crippen LogP contribution in [0.2, 0.25) is 0 Å². The van der Waals surface area contributed by atoms with E-state index in [1.807, 2.05) is 4.90 Å².